The Bertz CT molecular complexity index is 1350. The molecule has 32 heavy (non-hydrogen) atoms. The molecule has 6 nitrogen and oxygen atoms in total. The number of aromatic nitrogens is 2. The van der Waals surface area contributed by atoms with Gasteiger partial charge in [-0.15, -0.1) is 0 Å². The van der Waals surface area contributed by atoms with Crippen LogP contribution in [0.1, 0.15) is 36.5 Å². The molecule has 0 aliphatic carbocycles. The Morgan fingerprint density at radius 3 is 2.56 bits per heavy atom. The molecule has 3 aromatic carbocycles. The van der Waals surface area contributed by atoms with Crippen molar-refractivity contribution < 1.29 is 9.53 Å². The van der Waals surface area contributed by atoms with E-state index in [-0.39, 0.29) is 18.0 Å². The lowest BCUT2D eigenvalue weighted by Crippen LogP contribution is -2.33. The van der Waals surface area contributed by atoms with Crippen LogP contribution >= 0.6 is 11.6 Å². The lowest BCUT2D eigenvalue weighted by Gasteiger charge is -2.23. The van der Waals surface area contributed by atoms with E-state index >= 15 is 0 Å². The predicted molar refractivity (Wildman–Crippen MR) is 128 cm³/mol. The van der Waals surface area contributed by atoms with Gasteiger partial charge in [-0.1, -0.05) is 42.8 Å². The van der Waals surface area contributed by atoms with Crippen LogP contribution in [0, 0.1) is 0 Å². The number of hydrogen-bond donors (Lipinski definition) is 1. The Kier molecular flexibility index (Phi) is 6.42. The molecule has 0 saturated carbocycles. The fourth-order valence-electron chi connectivity index (χ4n) is 3.77. The topological polar surface area (TPSA) is 75.3 Å². The van der Waals surface area contributed by atoms with Crippen LogP contribution in [0.25, 0.3) is 21.7 Å². The molecule has 4 aromatic rings. The summed E-state index contributed by atoms with van der Waals surface area (Å²) in [6.07, 6.45) is 0.757. The van der Waals surface area contributed by atoms with Crippen molar-refractivity contribution in [3.05, 3.63) is 81.4 Å². The van der Waals surface area contributed by atoms with Gasteiger partial charge in [0.25, 0.3) is 11.5 Å². The number of carbonyl (C=O) groups is 1. The Morgan fingerprint density at radius 1 is 1.09 bits per heavy atom. The van der Waals surface area contributed by atoms with E-state index in [2.05, 4.69) is 9.97 Å². The number of hydrogen-bond acceptors (Lipinski definition) is 4. The van der Waals surface area contributed by atoms with Crippen LogP contribution in [0.5, 0.6) is 5.75 Å². The van der Waals surface area contributed by atoms with Crippen LogP contribution in [0.4, 0.5) is 0 Å². The maximum absolute atomic E-state index is 13.6. The van der Waals surface area contributed by atoms with Crippen molar-refractivity contribution in [3.63, 3.8) is 0 Å². The molecule has 164 valence electrons. The molecule has 0 spiro atoms. The van der Waals surface area contributed by atoms with Gasteiger partial charge in [0.2, 0.25) is 0 Å². The number of fused-ring (bicyclic) bond motifs is 2. The Labute approximate surface area is 190 Å². The smallest absolute Gasteiger partial charge is 0.258 e. The molecular weight excluding hydrogens is 426 g/mol. The minimum Gasteiger partial charge on any atom is -0.493 e. The minimum absolute atomic E-state index is 0.169. The molecule has 1 aromatic heterocycles. The highest BCUT2D eigenvalue weighted by Crippen LogP contribution is 2.28. The molecule has 0 saturated heterocycles. The van der Waals surface area contributed by atoms with E-state index in [0.29, 0.717) is 46.2 Å². The quantitative estimate of drug-likeness (QED) is 0.421. The largest absolute Gasteiger partial charge is 0.493 e. The number of nitrogens with zero attached hydrogens (tertiary/aromatic N) is 2. The first-order chi connectivity index (χ1) is 15.5. The number of ether oxygens (including phenoxy) is 1. The van der Waals surface area contributed by atoms with Gasteiger partial charge in [-0.25, -0.2) is 4.98 Å². The average Bonchev–Trinajstić information content (AvgIpc) is 2.78. The van der Waals surface area contributed by atoms with Gasteiger partial charge in [-0.2, -0.15) is 0 Å². The van der Waals surface area contributed by atoms with Gasteiger partial charge >= 0.3 is 0 Å². The number of amides is 1. The minimum atomic E-state index is -0.258. The van der Waals surface area contributed by atoms with E-state index in [4.69, 9.17) is 16.3 Å². The molecule has 0 atom stereocenters. The zero-order chi connectivity index (χ0) is 22.7. The molecule has 1 N–H and O–H groups in total. The number of benzene rings is 3. The highest BCUT2D eigenvalue weighted by atomic mass is 35.5. The summed E-state index contributed by atoms with van der Waals surface area (Å²) >= 11 is 6.07. The van der Waals surface area contributed by atoms with Crippen molar-refractivity contribution in [1.82, 2.24) is 14.9 Å². The highest BCUT2D eigenvalue weighted by Gasteiger charge is 2.21. The highest BCUT2D eigenvalue weighted by molar-refractivity contribution is 6.31. The van der Waals surface area contributed by atoms with Gasteiger partial charge in [-0.05, 0) is 54.4 Å². The lowest BCUT2D eigenvalue weighted by atomic mass is 10.0. The summed E-state index contributed by atoms with van der Waals surface area (Å²) in [5.74, 6) is 0.782. The van der Waals surface area contributed by atoms with Gasteiger partial charge in [-0.3, -0.25) is 9.59 Å². The van der Waals surface area contributed by atoms with Gasteiger partial charge in [0, 0.05) is 11.6 Å². The summed E-state index contributed by atoms with van der Waals surface area (Å²) in [7, 11) is 0. The van der Waals surface area contributed by atoms with E-state index in [9.17, 15) is 9.59 Å². The SMILES string of the molecule is CCCN(Cc1nc2cc(Cl)ccc2c(=O)[nH]1)C(=O)c1cc2ccccc2cc1OCC. The third-order valence-corrected chi connectivity index (χ3v) is 5.45. The van der Waals surface area contributed by atoms with Gasteiger partial charge in [0.05, 0.1) is 29.6 Å². The van der Waals surface area contributed by atoms with Crippen molar-refractivity contribution in [2.45, 2.75) is 26.8 Å². The summed E-state index contributed by atoms with van der Waals surface area (Å²) in [4.78, 5) is 35.1. The molecule has 1 amide bonds. The molecule has 7 heteroatoms. The van der Waals surface area contributed by atoms with Crippen molar-refractivity contribution in [2.24, 2.45) is 0 Å². The number of rotatable bonds is 7. The Balaban J connectivity index is 1.73. The van der Waals surface area contributed by atoms with E-state index < -0.39 is 0 Å². The summed E-state index contributed by atoms with van der Waals surface area (Å²) in [6.45, 7) is 5.02. The zero-order valence-corrected chi connectivity index (χ0v) is 18.8. The fraction of sp³-hybridized carbons (Fsp3) is 0.240. The lowest BCUT2D eigenvalue weighted by molar-refractivity contribution is 0.0735. The molecule has 1 heterocycles. The third kappa shape index (κ3) is 4.46. The molecule has 0 aliphatic heterocycles. The first-order valence-electron chi connectivity index (χ1n) is 10.6. The molecule has 0 aliphatic rings. The van der Waals surface area contributed by atoms with Crippen LogP contribution in [0.2, 0.25) is 5.02 Å². The zero-order valence-electron chi connectivity index (χ0n) is 18.0. The molecule has 0 bridgehead atoms. The summed E-state index contributed by atoms with van der Waals surface area (Å²) in [5.41, 5.74) is 0.734. The molecule has 0 fully saturated rings. The Morgan fingerprint density at radius 2 is 1.84 bits per heavy atom. The fourth-order valence-corrected chi connectivity index (χ4v) is 3.94. The third-order valence-electron chi connectivity index (χ3n) is 5.22. The summed E-state index contributed by atoms with van der Waals surface area (Å²) < 4.78 is 5.80. The number of carbonyl (C=O) groups excluding carboxylic acids is 1. The van der Waals surface area contributed by atoms with Crippen LogP contribution < -0.4 is 10.3 Å². The van der Waals surface area contributed by atoms with E-state index in [0.717, 1.165) is 17.2 Å². The number of aromatic amines is 1. The van der Waals surface area contributed by atoms with E-state index in [1.54, 1.807) is 23.1 Å². The second kappa shape index (κ2) is 9.40. The first-order valence-corrected chi connectivity index (χ1v) is 11.0. The predicted octanol–water partition coefficient (Wildman–Crippen LogP) is 5.18. The molecule has 0 radical (unpaired) electrons. The summed E-state index contributed by atoms with van der Waals surface area (Å²) in [5, 5.41) is 2.93. The van der Waals surface area contributed by atoms with E-state index in [1.807, 2.05) is 50.2 Å². The monoisotopic (exact) mass is 449 g/mol. The maximum Gasteiger partial charge on any atom is 0.258 e. The van der Waals surface area contributed by atoms with Crippen LogP contribution in [-0.2, 0) is 6.54 Å². The van der Waals surface area contributed by atoms with E-state index in [1.165, 1.54) is 0 Å². The van der Waals surface area contributed by atoms with Crippen molar-refractivity contribution in [3.8, 4) is 5.75 Å². The number of halogens is 1. The maximum atomic E-state index is 13.6. The second-order valence-corrected chi connectivity index (χ2v) is 7.97. The summed E-state index contributed by atoms with van der Waals surface area (Å²) in [6, 6.07) is 16.6. The Hall–Kier alpha value is -3.38. The van der Waals surface area contributed by atoms with Crippen molar-refractivity contribution in [1.29, 1.82) is 0 Å². The van der Waals surface area contributed by atoms with Crippen molar-refractivity contribution >= 4 is 39.2 Å². The standard InChI is InChI=1S/C25H24ClN3O3/c1-3-11-29(15-23-27-21-14-18(26)9-10-19(21)24(30)28-23)25(31)20-12-16-7-5-6-8-17(16)13-22(20)32-4-2/h5-10,12-14H,3-4,11,15H2,1-2H3,(H,27,28,30). The molecule has 0 unspecified atom stereocenters. The van der Waals surface area contributed by atoms with Gasteiger partial charge in [0.1, 0.15) is 11.6 Å². The molecular formula is C25H24ClN3O3. The van der Waals surface area contributed by atoms with Crippen LogP contribution in [0.15, 0.2) is 59.4 Å². The van der Waals surface area contributed by atoms with Crippen LogP contribution in [0.3, 0.4) is 0 Å². The normalized spacial score (nSPS) is 11.1. The molecule has 4 rings (SSSR count). The number of nitrogens with one attached hydrogen (secondary N) is 1. The second-order valence-electron chi connectivity index (χ2n) is 7.53. The van der Waals surface area contributed by atoms with Crippen LogP contribution in [-0.4, -0.2) is 33.9 Å². The van der Waals surface area contributed by atoms with Crippen molar-refractivity contribution in [2.75, 3.05) is 13.2 Å². The number of H-pyrrole nitrogens is 1. The first kappa shape index (κ1) is 21.8. The van der Waals surface area contributed by atoms with Gasteiger partial charge < -0.3 is 14.6 Å². The van der Waals surface area contributed by atoms with Gasteiger partial charge in [0.15, 0.2) is 0 Å². The average molecular weight is 450 g/mol.